The van der Waals surface area contributed by atoms with Gasteiger partial charge in [0.25, 0.3) is 0 Å². The van der Waals surface area contributed by atoms with Crippen molar-refractivity contribution in [2.24, 2.45) is 5.41 Å². The van der Waals surface area contributed by atoms with Crippen LogP contribution in [-0.4, -0.2) is 33.4 Å². The van der Waals surface area contributed by atoms with Crippen LogP contribution in [0.2, 0.25) is 0 Å². The van der Waals surface area contributed by atoms with E-state index in [4.69, 9.17) is 4.74 Å². The van der Waals surface area contributed by atoms with Gasteiger partial charge in [0.1, 0.15) is 0 Å². The second-order valence-corrected chi connectivity index (χ2v) is 7.55. The number of nitrogens with zero attached hydrogens (tertiary/aromatic N) is 1. The molecular weight excluding hydrogens is 328 g/mol. The van der Waals surface area contributed by atoms with E-state index in [1.165, 1.54) is 24.1 Å². The molecule has 0 aromatic heterocycles. The predicted molar refractivity (Wildman–Crippen MR) is 93.0 cm³/mol. The predicted octanol–water partition coefficient (Wildman–Crippen LogP) is 3.81. The lowest BCUT2D eigenvalue weighted by atomic mass is 9.84. The summed E-state index contributed by atoms with van der Waals surface area (Å²) in [6.45, 7) is 9.56. The van der Waals surface area contributed by atoms with E-state index >= 15 is 0 Å². The molecule has 1 N–H and O–H groups in total. The molecule has 0 saturated carbocycles. The Morgan fingerprint density at radius 1 is 1.38 bits per heavy atom. The number of hydrogen-bond donors (Lipinski definition) is 1. The van der Waals surface area contributed by atoms with Gasteiger partial charge in [-0.15, -0.1) is 0 Å². The largest absolute Gasteiger partial charge is 0.383 e. The van der Waals surface area contributed by atoms with Gasteiger partial charge in [-0.2, -0.15) is 0 Å². The Labute approximate surface area is 137 Å². The molecule has 0 unspecified atom stereocenters. The van der Waals surface area contributed by atoms with Crippen LogP contribution in [0.5, 0.6) is 0 Å². The molecule has 21 heavy (non-hydrogen) atoms. The molecule has 1 heterocycles. The summed E-state index contributed by atoms with van der Waals surface area (Å²) in [7, 11) is 1.74. The van der Waals surface area contributed by atoms with Gasteiger partial charge in [-0.05, 0) is 36.0 Å². The van der Waals surface area contributed by atoms with E-state index in [2.05, 4.69) is 58.2 Å². The minimum Gasteiger partial charge on any atom is -0.383 e. The molecule has 1 aromatic rings. The third-order valence-corrected chi connectivity index (χ3v) is 4.58. The van der Waals surface area contributed by atoms with E-state index in [1.807, 2.05) is 0 Å². The molecule has 1 aromatic carbocycles. The maximum absolute atomic E-state index is 5.09. The average molecular weight is 355 g/mol. The Morgan fingerprint density at radius 2 is 2.19 bits per heavy atom. The number of nitrogens with one attached hydrogen (secondary N) is 1. The van der Waals surface area contributed by atoms with E-state index < -0.39 is 0 Å². The molecule has 0 aliphatic carbocycles. The molecule has 1 aliphatic heterocycles. The van der Waals surface area contributed by atoms with Gasteiger partial charge in [-0.1, -0.05) is 35.8 Å². The highest BCUT2D eigenvalue weighted by molar-refractivity contribution is 9.10. The first-order chi connectivity index (χ1) is 10.0. The van der Waals surface area contributed by atoms with Crippen molar-refractivity contribution in [2.45, 2.75) is 33.2 Å². The van der Waals surface area contributed by atoms with Gasteiger partial charge >= 0.3 is 0 Å². The van der Waals surface area contributed by atoms with Crippen LogP contribution < -0.4 is 10.2 Å². The van der Waals surface area contributed by atoms with Crippen molar-refractivity contribution in [3.05, 3.63) is 28.2 Å². The number of hydrogen-bond acceptors (Lipinski definition) is 3. The number of anilines is 1. The Kier molecular flexibility index (Phi) is 6.08. The van der Waals surface area contributed by atoms with Crippen LogP contribution >= 0.6 is 15.9 Å². The van der Waals surface area contributed by atoms with Crippen molar-refractivity contribution in [3.63, 3.8) is 0 Å². The molecule has 2 rings (SSSR count). The SMILES string of the molecule is COCCNCc1ccc(Br)cc1N1CCCC(C)(C)C1. The maximum atomic E-state index is 5.09. The van der Waals surface area contributed by atoms with Crippen molar-refractivity contribution in [2.75, 3.05) is 38.3 Å². The molecule has 0 amide bonds. The second-order valence-electron chi connectivity index (χ2n) is 6.63. The van der Waals surface area contributed by atoms with E-state index in [0.717, 1.165) is 37.3 Å². The first-order valence-corrected chi connectivity index (χ1v) is 8.54. The highest BCUT2D eigenvalue weighted by atomic mass is 79.9. The van der Waals surface area contributed by atoms with Crippen LogP contribution in [0.1, 0.15) is 32.3 Å². The summed E-state index contributed by atoms with van der Waals surface area (Å²) in [4.78, 5) is 2.54. The fourth-order valence-corrected chi connectivity index (χ4v) is 3.36. The topological polar surface area (TPSA) is 24.5 Å². The minimum atomic E-state index is 0.404. The zero-order valence-corrected chi connectivity index (χ0v) is 15.0. The summed E-state index contributed by atoms with van der Waals surface area (Å²) in [5.41, 5.74) is 3.13. The van der Waals surface area contributed by atoms with Crippen molar-refractivity contribution in [1.82, 2.24) is 5.32 Å². The highest BCUT2D eigenvalue weighted by Crippen LogP contribution is 2.34. The van der Waals surface area contributed by atoms with Crippen molar-refractivity contribution >= 4 is 21.6 Å². The fourth-order valence-electron chi connectivity index (χ4n) is 3.01. The maximum Gasteiger partial charge on any atom is 0.0587 e. The van der Waals surface area contributed by atoms with Crippen LogP contribution in [0, 0.1) is 5.41 Å². The van der Waals surface area contributed by atoms with E-state index in [9.17, 15) is 0 Å². The van der Waals surface area contributed by atoms with Gasteiger partial charge in [0, 0.05) is 43.4 Å². The van der Waals surface area contributed by atoms with E-state index in [-0.39, 0.29) is 0 Å². The smallest absolute Gasteiger partial charge is 0.0587 e. The number of halogens is 1. The molecule has 0 atom stereocenters. The highest BCUT2D eigenvalue weighted by Gasteiger charge is 2.27. The number of rotatable bonds is 6. The molecule has 1 aliphatic rings. The Bertz CT molecular complexity index is 462. The number of benzene rings is 1. The molecule has 0 spiro atoms. The zero-order chi connectivity index (χ0) is 15.3. The quantitative estimate of drug-likeness (QED) is 0.786. The van der Waals surface area contributed by atoms with Gasteiger partial charge < -0.3 is 15.0 Å². The van der Waals surface area contributed by atoms with Crippen LogP contribution in [0.25, 0.3) is 0 Å². The van der Waals surface area contributed by atoms with Gasteiger partial charge in [0.2, 0.25) is 0 Å². The van der Waals surface area contributed by atoms with Gasteiger partial charge in [-0.25, -0.2) is 0 Å². The lowest BCUT2D eigenvalue weighted by Crippen LogP contribution is -2.40. The molecule has 3 nitrogen and oxygen atoms in total. The summed E-state index contributed by atoms with van der Waals surface area (Å²) >= 11 is 3.62. The molecule has 0 bridgehead atoms. The third kappa shape index (κ3) is 4.97. The summed E-state index contributed by atoms with van der Waals surface area (Å²) in [5, 5.41) is 3.46. The monoisotopic (exact) mass is 354 g/mol. The van der Waals surface area contributed by atoms with Gasteiger partial charge in [0.15, 0.2) is 0 Å². The molecule has 1 saturated heterocycles. The van der Waals surface area contributed by atoms with Gasteiger partial charge in [-0.3, -0.25) is 0 Å². The average Bonchev–Trinajstić information content (AvgIpc) is 2.44. The zero-order valence-electron chi connectivity index (χ0n) is 13.4. The normalized spacial score (nSPS) is 18.0. The minimum absolute atomic E-state index is 0.404. The van der Waals surface area contributed by atoms with Crippen LogP contribution in [0.4, 0.5) is 5.69 Å². The second kappa shape index (κ2) is 7.61. The number of piperidine rings is 1. The first kappa shape index (κ1) is 16.8. The Hall–Kier alpha value is -0.580. The lowest BCUT2D eigenvalue weighted by molar-refractivity contribution is 0.199. The molecule has 118 valence electrons. The Balaban J connectivity index is 2.11. The summed E-state index contributed by atoms with van der Waals surface area (Å²) in [6, 6.07) is 6.61. The summed E-state index contributed by atoms with van der Waals surface area (Å²) in [5.74, 6) is 0. The first-order valence-electron chi connectivity index (χ1n) is 7.75. The van der Waals surface area contributed by atoms with Crippen LogP contribution in [0.3, 0.4) is 0 Å². The van der Waals surface area contributed by atoms with Crippen molar-refractivity contribution < 1.29 is 4.74 Å². The lowest BCUT2D eigenvalue weighted by Gasteiger charge is -2.40. The number of methoxy groups -OCH3 is 1. The standard InChI is InChI=1S/C17H27BrN2O/c1-17(2)7-4-9-20(13-17)16-11-15(18)6-5-14(16)12-19-8-10-21-3/h5-6,11,19H,4,7-10,12-13H2,1-3H3. The molecule has 1 fully saturated rings. The summed E-state index contributed by atoms with van der Waals surface area (Å²) in [6.07, 6.45) is 2.59. The molecule has 4 heteroatoms. The molecule has 0 radical (unpaired) electrons. The van der Waals surface area contributed by atoms with Crippen molar-refractivity contribution in [1.29, 1.82) is 0 Å². The van der Waals surface area contributed by atoms with E-state index in [0.29, 0.717) is 5.41 Å². The third-order valence-electron chi connectivity index (χ3n) is 4.09. The van der Waals surface area contributed by atoms with E-state index in [1.54, 1.807) is 7.11 Å². The van der Waals surface area contributed by atoms with Gasteiger partial charge in [0.05, 0.1) is 6.61 Å². The fraction of sp³-hybridized carbons (Fsp3) is 0.647. The van der Waals surface area contributed by atoms with Crippen LogP contribution in [0.15, 0.2) is 22.7 Å². The molecular formula is C17H27BrN2O. The summed E-state index contributed by atoms with van der Waals surface area (Å²) < 4.78 is 6.25. The van der Waals surface area contributed by atoms with Crippen molar-refractivity contribution in [3.8, 4) is 0 Å². The Morgan fingerprint density at radius 3 is 2.90 bits per heavy atom. The van der Waals surface area contributed by atoms with Crippen LogP contribution in [-0.2, 0) is 11.3 Å². The number of ether oxygens (including phenoxy) is 1.